The first kappa shape index (κ1) is 7.30. The highest BCUT2D eigenvalue weighted by Crippen LogP contribution is 2.20. The normalized spacial score (nSPS) is 9.80. The quantitative estimate of drug-likeness (QED) is 0.529. The maximum Gasteiger partial charge on any atom is 0.434 e. The van der Waals surface area contributed by atoms with Crippen molar-refractivity contribution in [1.29, 1.82) is 0 Å². The molecule has 1 aromatic rings. The summed E-state index contributed by atoms with van der Waals surface area (Å²) in [6.07, 6.45) is 0. The van der Waals surface area contributed by atoms with Crippen molar-refractivity contribution in [3.8, 4) is 0 Å². The van der Waals surface area contributed by atoms with E-state index in [1.165, 1.54) is 0 Å². The van der Waals surface area contributed by atoms with Crippen molar-refractivity contribution < 1.29 is 4.92 Å². The summed E-state index contributed by atoms with van der Waals surface area (Å²) < 4.78 is 0. The summed E-state index contributed by atoms with van der Waals surface area (Å²) >= 11 is 10.6. The smallest absolute Gasteiger partial charge is 0.390 e. The molecule has 0 amide bonds. The number of rotatable bonds is 1. The Bertz CT molecular complexity index is 251. The van der Waals surface area contributed by atoms with Crippen molar-refractivity contribution in [3.63, 3.8) is 0 Å². The highest BCUT2D eigenvalue weighted by molar-refractivity contribution is 6.40. The van der Waals surface area contributed by atoms with E-state index in [1.807, 2.05) is 0 Å². The van der Waals surface area contributed by atoms with E-state index in [-0.39, 0.29) is 10.3 Å². The Hall–Kier alpha value is -0.810. The zero-order valence-corrected chi connectivity index (χ0v) is 5.98. The molecule has 0 spiro atoms. The Morgan fingerprint density at radius 1 is 1.60 bits per heavy atom. The van der Waals surface area contributed by atoms with Gasteiger partial charge < -0.3 is 10.1 Å². The lowest BCUT2D eigenvalue weighted by Gasteiger charge is -1.84. The van der Waals surface area contributed by atoms with Crippen LogP contribution in [-0.4, -0.2) is 14.9 Å². The molecule has 0 saturated heterocycles. The average molecular weight is 182 g/mol. The van der Waals surface area contributed by atoms with Gasteiger partial charge in [-0.2, -0.15) is 0 Å². The van der Waals surface area contributed by atoms with Crippen molar-refractivity contribution >= 4 is 29.2 Å². The minimum Gasteiger partial charge on any atom is -0.390 e. The number of H-pyrrole nitrogens is 1. The zero-order valence-electron chi connectivity index (χ0n) is 4.47. The second kappa shape index (κ2) is 2.43. The van der Waals surface area contributed by atoms with Gasteiger partial charge in [-0.1, -0.05) is 4.98 Å². The van der Waals surface area contributed by atoms with Crippen LogP contribution < -0.4 is 0 Å². The number of aromatic nitrogens is 2. The minimum absolute atomic E-state index is 0.0200. The summed E-state index contributed by atoms with van der Waals surface area (Å²) in [6, 6.07) is 0. The van der Waals surface area contributed by atoms with E-state index < -0.39 is 10.9 Å². The van der Waals surface area contributed by atoms with Crippen molar-refractivity contribution in [2.24, 2.45) is 0 Å². The van der Waals surface area contributed by atoms with E-state index in [2.05, 4.69) is 9.97 Å². The number of nitro groups is 1. The lowest BCUT2D eigenvalue weighted by molar-refractivity contribution is -0.393. The van der Waals surface area contributed by atoms with Crippen LogP contribution in [0.25, 0.3) is 0 Å². The molecule has 1 heterocycles. The Kier molecular flexibility index (Phi) is 1.78. The minimum atomic E-state index is -0.711. The predicted molar refractivity (Wildman–Crippen MR) is 35.3 cm³/mol. The lowest BCUT2D eigenvalue weighted by Crippen LogP contribution is -1.88. The SMILES string of the molecule is O=[N+]([O-])c1nc(Cl)c(Cl)[nH]1. The van der Waals surface area contributed by atoms with Gasteiger partial charge in [-0.05, 0) is 28.1 Å². The Morgan fingerprint density at radius 3 is 2.40 bits per heavy atom. The number of hydrogen-bond donors (Lipinski definition) is 1. The summed E-state index contributed by atoms with van der Waals surface area (Å²) in [7, 11) is 0. The van der Waals surface area contributed by atoms with Crippen LogP contribution in [0.5, 0.6) is 0 Å². The van der Waals surface area contributed by atoms with Gasteiger partial charge in [0.2, 0.25) is 5.15 Å². The van der Waals surface area contributed by atoms with Gasteiger partial charge in [-0.15, -0.1) is 0 Å². The summed E-state index contributed by atoms with van der Waals surface area (Å²) in [5.41, 5.74) is 0. The highest BCUT2D eigenvalue weighted by atomic mass is 35.5. The lowest BCUT2D eigenvalue weighted by atomic mass is 10.9. The first-order chi connectivity index (χ1) is 4.61. The Morgan fingerprint density at radius 2 is 2.20 bits per heavy atom. The van der Waals surface area contributed by atoms with Crippen LogP contribution in [-0.2, 0) is 0 Å². The maximum absolute atomic E-state index is 9.96. The summed E-state index contributed by atoms with van der Waals surface area (Å²) in [5.74, 6) is -0.449. The van der Waals surface area contributed by atoms with Crippen molar-refractivity contribution in [3.05, 3.63) is 20.4 Å². The fourth-order valence-electron chi connectivity index (χ4n) is 0.406. The van der Waals surface area contributed by atoms with Gasteiger partial charge in [0.1, 0.15) is 0 Å². The van der Waals surface area contributed by atoms with Gasteiger partial charge >= 0.3 is 5.95 Å². The van der Waals surface area contributed by atoms with E-state index in [0.717, 1.165) is 0 Å². The van der Waals surface area contributed by atoms with Crippen LogP contribution in [0, 0.1) is 10.1 Å². The predicted octanol–water partition coefficient (Wildman–Crippen LogP) is 1.62. The average Bonchev–Trinajstić information content (AvgIpc) is 2.13. The van der Waals surface area contributed by atoms with E-state index in [0.29, 0.717) is 0 Å². The molecule has 5 nitrogen and oxygen atoms in total. The number of hydrogen-bond acceptors (Lipinski definition) is 3. The summed E-state index contributed by atoms with van der Waals surface area (Å²) in [6.45, 7) is 0. The number of nitrogens with one attached hydrogen (secondary N) is 1. The van der Waals surface area contributed by atoms with Crippen LogP contribution in [0.3, 0.4) is 0 Å². The molecular formula is C3HCl2N3O2. The van der Waals surface area contributed by atoms with Crippen molar-refractivity contribution in [1.82, 2.24) is 9.97 Å². The molecule has 1 rings (SSSR count). The molecule has 1 N–H and O–H groups in total. The monoisotopic (exact) mass is 181 g/mol. The van der Waals surface area contributed by atoms with Crippen LogP contribution in [0.1, 0.15) is 0 Å². The topological polar surface area (TPSA) is 71.8 Å². The van der Waals surface area contributed by atoms with Gasteiger partial charge in [0, 0.05) is 0 Å². The maximum atomic E-state index is 9.96. The Balaban J connectivity index is 3.10. The van der Waals surface area contributed by atoms with Gasteiger partial charge in [-0.3, -0.25) is 0 Å². The largest absolute Gasteiger partial charge is 0.434 e. The molecule has 0 aromatic carbocycles. The fourth-order valence-corrected chi connectivity index (χ4v) is 0.660. The number of imidazole rings is 1. The van der Waals surface area contributed by atoms with Gasteiger partial charge in [0.05, 0.1) is 0 Å². The van der Waals surface area contributed by atoms with Gasteiger partial charge in [-0.25, -0.2) is 4.98 Å². The second-order valence-corrected chi connectivity index (χ2v) is 2.16. The first-order valence-electron chi connectivity index (χ1n) is 2.16. The third-order valence-corrected chi connectivity index (χ3v) is 1.42. The van der Waals surface area contributed by atoms with E-state index in [4.69, 9.17) is 23.2 Å². The molecule has 7 heteroatoms. The molecule has 10 heavy (non-hydrogen) atoms. The second-order valence-electron chi connectivity index (χ2n) is 1.42. The molecule has 0 unspecified atom stereocenters. The highest BCUT2D eigenvalue weighted by Gasteiger charge is 2.15. The molecular weight excluding hydrogens is 181 g/mol. The summed E-state index contributed by atoms with van der Waals surface area (Å²) in [4.78, 5) is 14.7. The third-order valence-electron chi connectivity index (χ3n) is 0.780. The van der Waals surface area contributed by atoms with Crippen molar-refractivity contribution in [2.75, 3.05) is 0 Å². The van der Waals surface area contributed by atoms with Gasteiger partial charge in [0.25, 0.3) is 5.15 Å². The molecule has 0 fully saturated rings. The standard InChI is InChI=1S/C3HCl2N3O2/c4-1-2(5)7-3(6-1)8(9)10/h(H,6,7). The van der Waals surface area contributed by atoms with Gasteiger partial charge in [0.15, 0.2) is 0 Å². The molecule has 0 aliphatic heterocycles. The number of nitrogens with zero attached hydrogens (tertiary/aromatic N) is 2. The van der Waals surface area contributed by atoms with Crippen molar-refractivity contribution in [2.45, 2.75) is 0 Å². The molecule has 0 aliphatic carbocycles. The third kappa shape index (κ3) is 1.19. The summed E-state index contributed by atoms with van der Waals surface area (Å²) in [5, 5.41) is 9.85. The fraction of sp³-hybridized carbons (Fsp3) is 0. The molecule has 0 radical (unpaired) electrons. The molecule has 1 aromatic heterocycles. The number of aromatic amines is 1. The van der Waals surface area contributed by atoms with Crippen LogP contribution in [0.4, 0.5) is 5.95 Å². The first-order valence-corrected chi connectivity index (χ1v) is 2.92. The molecule has 0 aliphatic rings. The zero-order chi connectivity index (χ0) is 7.72. The Labute approximate surface area is 65.1 Å². The number of halogens is 2. The van der Waals surface area contributed by atoms with Crippen LogP contribution in [0.2, 0.25) is 10.3 Å². The molecule has 0 bridgehead atoms. The molecule has 0 saturated carbocycles. The van der Waals surface area contributed by atoms with E-state index >= 15 is 0 Å². The van der Waals surface area contributed by atoms with Crippen LogP contribution >= 0.6 is 23.2 Å². The van der Waals surface area contributed by atoms with Crippen LogP contribution in [0.15, 0.2) is 0 Å². The molecule has 0 atom stereocenters. The van der Waals surface area contributed by atoms with E-state index in [9.17, 15) is 10.1 Å². The van der Waals surface area contributed by atoms with E-state index in [1.54, 1.807) is 0 Å². The molecule has 54 valence electrons.